The van der Waals surface area contributed by atoms with Crippen molar-refractivity contribution in [1.29, 1.82) is 0 Å². The van der Waals surface area contributed by atoms with Crippen molar-refractivity contribution in [3.63, 3.8) is 0 Å². The van der Waals surface area contributed by atoms with Gasteiger partial charge in [0, 0.05) is 22.0 Å². The number of nitrogens with zero attached hydrogens (tertiary/aromatic N) is 1. The first-order chi connectivity index (χ1) is 7.17. The minimum atomic E-state index is 0.00504. The lowest BCUT2D eigenvalue weighted by Gasteiger charge is -2.19. The first-order valence-electron chi connectivity index (χ1n) is 4.82. The van der Waals surface area contributed by atoms with Crippen LogP contribution in [0.3, 0.4) is 0 Å². The van der Waals surface area contributed by atoms with E-state index < -0.39 is 0 Å². The Bertz CT molecular complexity index is 294. The van der Waals surface area contributed by atoms with Crippen LogP contribution in [0.1, 0.15) is 13.3 Å². The molecule has 1 rings (SSSR count). The van der Waals surface area contributed by atoms with E-state index in [1.807, 2.05) is 19.1 Å². The number of nitrogens with two attached hydrogens (primary N) is 1. The molecule has 0 bridgehead atoms. The molecular weight excluding hydrogens is 276 g/mol. The molecule has 1 heterocycles. The molecule has 0 spiro atoms. The van der Waals surface area contributed by atoms with Gasteiger partial charge < -0.3 is 10.8 Å². The van der Waals surface area contributed by atoms with Crippen molar-refractivity contribution >= 4 is 27.7 Å². The number of aliphatic hydroxyl groups excluding tert-OH is 1. The lowest BCUT2D eigenvalue weighted by atomic mass is 10.2. The number of hydrogen-bond donors (Lipinski definition) is 2. The van der Waals surface area contributed by atoms with Crippen LogP contribution in [-0.2, 0) is 0 Å². The fourth-order valence-electron chi connectivity index (χ4n) is 1.11. The molecule has 0 radical (unpaired) electrons. The predicted octanol–water partition coefficient (Wildman–Crippen LogP) is 2.03. The summed E-state index contributed by atoms with van der Waals surface area (Å²) in [6, 6.07) is 3.85. The average Bonchev–Trinajstić information content (AvgIpc) is 2.27. The van der Waals surface area contributed by atoms with E-state index in [9.17, 15) is 5.11 Å². The number of hydrogen-bond acceptors (Lipinski definition) is 4. The molecule has 2 atom stereocenters. The molecule has 1 aromatic heterocycles. The van der Waals surface area contributed by atoms with Crippen LogP contribution in [0.15, 0.2) is 27.8 Å². The molecule has 0 aliphatic heterocycles. The number of aromatic nitrogens is 1. The van der Waals surface area contributed by atoms with Crippen LogP contribution in [0.25, 0.3) is 0 Å². The minimum Gasteiger partial charge on any atom is -0.395 e. The predicted molar refractivity (Wildman–Crippen MR) is 66.9 cm³/mol. The minimum absolute atomic E-state index is 0.00504. The molecule has 0 saturated heterocycles. The third kappa shape index (κ3) is 4.10. The fourth-order valence-corrected chi connectivity index (χ4v) is 2.36. The van der Waals surface area contributed by atoms with Crippen LogP contribution < -0.4 is 5.73 Å². The molecular formula is C10H15BrN2OS. The maximum absolute atomic E-state index is 9.21. The molecule has 0 saturated carbocycles. The number of halogens is 1. The van der Waals surface area contributed by atoms with Crippen LogP contribution in [0.4, 0.5) is 0 Å². The lowest BCUT2D eigenvalue weighted by molar-refractivity contribution is 0.281. The molecule has 0 aliphatic carbocycles. The molecule has 84 valence electrons. The highest BCUT2D eigenvalue weighted by molar-refractivity contribution is 9.10. The quantitative estimate of drug-likeness (QED) is 0.815. The van der Waals surface area contributed by atoms with Crippen LogP contribution in [0.5, 0.6) is 0 Å². The van der Waals surface area contributed by atoms with Gasteiger partial charge >= 0.3 is 0 Å². The maximum atomic E-state index is 9.21. The largest absolute Gasteiger partial charge is 0.395 e. The van der Waals surface area contributed by atoms with E-state index in [4.69, 9.17) is 5.73 Å². The highest BCUT2D eigenvalue weighted by Gasteiger charge is 2.17. The summed E-state index contributed by atoms with van der Waals surface area (Å²) in [5.41, 5.74) is 5.89. The Hall–Kier alpha value is -0.100. The Morgan fingerprint density at radius 2 is 2.33 bits per heavy atom. The fraction of sp³-hybridized carbons (Fsp3) is 0.500. The van der Waals surface area contributed by atoms with Crippen molar-refractivity contribution < 1.29 is 5.11 Å². The first-order valence-corrected chi connectivity index (χ1v) is 6.49. The number of thioether (sulfide) groups is 1. The van der Waals surface area contributed by atoms with Gasteiger partial charge in [-0.2, -0.15) is 0 Å². The van der Waals surface area contributed by atoms with Crippen LogP contribution in [-0.4, -0.2) is 28.0 Å². The molecule has 0 amide bonds. The summed E-state index contributed by atoms with van der Waals surface area (Å²) in [4.78, 5) is 4.23. The van der Waals surface area contributed by atoms with Crippen molar-refractivity contribution in [2.75, 3.05) is 6.61 Å². The Labute approximate surface area is 103 Å². The highest BCUT2D eigenvalue weighted by Crippen LogP contribution is 2.24. The summed E-state index contributed by atoms with van der Waals surface area (Å²) < 4.78 is 0.951. The molecule has 3 N–H and O–H groups in total. The lowest BCUT2D eigenvalue weighted by Crippen LogP contribution is -2.34. The maximum Gasteiger partial charge on any atom is 0.0964 e. The van der Waals surface area contributed by atoms with Gasteiger partial charge in [-0.15, -0.1) is 0 Å². The smallest absolute Gasteiger partial charge is 0.0964 e. The number of pyridine rings is 1. The van der Waals surface area contributed by atoms with Gasteiger partial charge in [-0.1, -0.05) is 18.7 Å². The number of aliphatic hydroxyl groups is 1. The van der Waals surface area contributed by atoms with E-state index in [0.717, 1.165) is 15.9 Å². The zero-order valence-corrected chi connectivity index (χ0v) is 11.0. The van der Waals surface area contributed by atoms with Gasteiger partial charge in [0.15, 0.2) is 0 Å². The Morgan fingerprint density at radius 3 is 2.80 bits per heavy atom. The molecule has 5 heteroatoms. The van der Waals surface area contributed by atoms with E-state index in [0.29, 0.717) is 0 Å². The second-order valence-corrected chi connectivity index (χ2v) is 5.40. The highest BCUT2D eigenvalue weighted by atomic mass is 79.9. The summed E-state index contributed by atoms with van der Waals surface area (Å²) in [5.74, 6) is 0. The molecule has 0 aromatic carbocycles. The van der Waals surface area contributed by atoms with E-state index in [2.05, 4.69) is 20.9 Å². The van der Waals surface area contributed by atoms with Gasteiger partial charge in [-0.05, 0) is 34.5 Å². The van der Waals surface area contributed by atoms with Gasteiger partial charge in [0.2, 0.25) is 0 Å². The van der Waals surface area contributed by atoms with Crippen LogP contribution in [0, 0.1) is 0 Å². The van der Waals surface area contributed by atoms with E-state index in [1.54, 1.807) is 6.20 Å². The second kappa shape index (κ2) is 6.48. The topological polar surface area (TPSA) is 59.1 Å². The SMILES string of the molecule is CCC(N)C(CO)Sc1ccc(Br)cn1. The third-order valence-corrected chi connectivity index (χ3v) is 3.85. The molecule has 1 aromatic rings. The molecule has 0 fully saturated rings. The standard InChI is InChI=1S/C10H15BrN2OS/c1-2-8(12)9(6-14)15-10-4-3-7(11)5-13-10/h3-5,8-9,14H,2,6,12H2,1H3. The van der Waals surface area contributed by atoms with Crippen LogP contribution in [0.2, 0.25) is 0 Å². The van der Waals surface area contributed by atoms with Crippen molar-refractivity contribution in [2.24, 2.45) is 5.73 Å². The van der Waals surface area contributed by atoms with Crippen molar-refractivity contribution in [3.8, 4) is 0 Å². The molecule has 3 nitrogen and oxygen atoms in total. The molecule has 2 unspecified atom stereocenters. The van der Waals surface area contributed by atoms with Gasteiger partial charge in [0.1, 0.15) is 0 Å². The Kier molecular flexibility index (Phi) is 5.60. The summed E-state index contributed by atoms with van der Waals surface area (Å²) >= 11 is 4.85. The summed E-state index contributed by atoms with van der Waals surface area (Å²) in [7, 11) is 0. The van der Waals surface area contributed by atoms with Gasteiger partial charge in [-0.3, -0.25) is 0 Å². The zero-order valence-electron chi connectivity index (χ0n) is 8.56. The normalized spacial score (nSPS) is 14.9. The Morgan fingerprint density at radius 1 is 1.60 bits per heavy atom. The van der Waals surface area contributed by atoms with Crippen molar-refractivity contribution in [1.82, 2.24) is 4.98 Å². The number of rotatable bonds is 5. The monoisotopic (exact) mass is 290 g/mol. The van der Waals surface area contributed by atoms with Crippen LogP contribution >= 0.6 is 27.7 Å². The van der Waals surface area contributed by atoms with Gasteiger partial charge in [-0.25, -0.2) is 4.98 Å². The zero-order chi connectivity index (χ0) is 11.3. The summed E-state index contributed by atoms with van der Waals surface area (Å²) in [6.07, 6.45) is 2.60. The second-order valence-electron chi connectivity index (χ2n) is 3.23. The first kappa shape index (κ1) is 13.0. The van der Waals surface area contributed by atoms with E-state index in [1.165, 1.54) is 11.8 Å². The van der Waals surface area contributed by atoms with Gasteiger partial charge in [0.05, 0.1) is 11.6 Å². The summed E-state index contributed by atoms with van der Waals surface area (Å²) in [5, 5.41) is 10.1. The average molecular weight is 291 g/mol. The van der Waals surface area contributed by atoms with Gasteiger partial charge in [0.25, 0.3) is 0 Å². The third-order valence-electron chi connectivity index (χ3n) is 2.10. The van der Waals surface area contributed by atoms with E-state index in [-0.39, 0.29) is 17.9 Å². The Balaban J connectivity index is 2.62. The van der Waals surface area contributed by atoms with Crippen molar-refractivity contribution in [2.45, 2.75) is 29.7 Å². The summed E-state index contributed by atoms with van der Waals surface area (Å²) in [6.45, 7) is 2.10. The molecule has 15 heavy (non-hydrogen) atoms. The van der Waals surface area contributed by atoms with E-state index >= 15 is 0 Å². The van der Waals surface area contributed by atoms with Crippen molar-refractivity contribution in [3.05, 3.63) is 22.8 Å². The molecule has 0 aliphatic rings.